The lowest BCUT2D eigenvalue weighted by molar-refractivity contribution is -0.109. The molecule has 0 unspecified atom stereocenters. The molecule has 1 rings (SSSR count). The fraction of sp³-hybridized carbons (Fsp3) is 0.867. The molecule has 110 valence electrons. The van der Waals surface area contributed by atoms with Crippen LogP contribution in [0.3, 0.4) is 0 Å². The summed E-state index contributed by atoms with van der Waals surface area (Å²) < 4.78 is 5.15. The quantitative estimate of drug-likeness (QED) is 0.778. The molecule has 1 saturated carbocycles. The summed E-state index contributed by atoms with van der Waals surface area (Å²) in [7, 11) is 0. The molecule has 1 aliphatic carbocycles. The number of carbonyl (C=O) groups is 2. The summed E-state index contributed by atoms with van der Waals surface area (Å²) in [5.41, 5.74) is -0.527. The number of alkyl carbamates (subject to hydrolysis) is 1. The van der Waals surface area contributed by atoms with Gasteiger partial charge < -0.3 is 14.8 Å². The van der Waals surface area contributed by atoms with E-state index >= 15 is 0 Å². The molecule has 0 aliphatic heterocycles. The van der Waals surface area contributed by atoms with Gasteiger partial charge >= 0.3 is 6.09 Å². The summed E-state index contributed by atoms with van der Waals surface area (Å²) in [6, 6.07) is -0.420. The Morgan fingerprint density at radius 3 is 2.47 bits per heavy atom. The molecule has 1 amide bonds. The van der Waals surface area contributed by atoms with Crippen molar-refractivity contribution in [3.8, 4) is 0 Å². The number of nitrogens with one attached hydrogen (secondary N) is 1. The Balaban J connectivity index is 2.28. The van der Waals surface area contributed by atoms with Crippen LogP contribution in [-0.4, -0.2) is 24.0 Å². The van der Waals surface area contributed by atoms with Gasteiger partial charge in [-0.05, 0) is 39.5 Å². The van der Waals surface area contributed by atoms with E-state index in [1.165, 1.54) is 32.1 Å². The minimum absolute atomic E-state index is 0.420. The maximum atomic E-state index is 11.6. The highest BCUT2D eigenvalue weighted by Crippen LogP contribution is 2.27. The number of carbonyl (C=O) groups excluding carboxylic acids is 2. The zero-order valence-corrected chi connectivity index (χ0v) is 12.4. The highest BCUT2D eigenvalue weighted by molar-refractivity contribution is 5.73. The normalized spacial score (nSPS) is 18.7. The first kappa shape index (κ1) is 16.0. The van der Waals surface area contributed by atoms with E-state index in [0.29, 0.717) is 6.42 Å². The van der Waals surface area contributed by atoms with Crippen LogP contribution >= 0.6 is 0 Å². The standard InChI is InChI=1S/C15H27NO3/c1-15(2,3)19-14(18)16-13(11-17)10-9-12-7-5-4-6-8-12/h11-13H,4-10H2,1-3H3,(H,16,18)/t13-/m1/s1. The summed E-state index contributed by atoms with van der Waals surface area (Å²) >= 11 is 0. The van der Waals surface area contributed by atoms with Gasteiger partial charge in [0, 0.05) is 0 Å². The summed E-state index contributed by atoms with van der Waals surface area (Å²) in [5, 5.41) is 2.63. The van der Waals surface area contributed by atoms with Crippen molar-refractivity contribution in [1.82, 2.24) is 5.32 Å². The first-order valence-electron chi connectivity index (χ1n) is 7.35. The third kappa shape index (κ3) is 7.19. The van der Waals surface area contributed by atoms with Gasteiger partial charge in [0.2, 0.25) is 0 Å². The van der Waals surface area contributed by atoms with Crippen LogP contribution < -0.4 is 5.32 Å². The molecule has 19 heavy (non-hydrogen) atoms. The molecule has 1 aliphatic rings. The fourth-order valence-electron chi connectivity index (χ4n) is 2.52. The lowest BCUT2D eigenvalue weighted by Gasteiger charge is -2.24. The maximum Gasteiger partial charge on any atom is 0.408 e. The second-order valence-corrected chi connectivity index (χ2v) is 6.47. The molecule has 0 saturated heterocycles. The van der Waals surface area contributed by atoms with E-state index < -0.39 is 17.7 Å². The number of ether oxygens (including phenoxy) is 1. The Hall–Kier alpha value is -1.06. The molecule has 1 N–H and O–H groups in total. The molecule has 0 radical (unpaired) electrons. The van der Waals surface area contributed by atoms with Crippen LogP contribution in [0.2, 0.25) is 0 Å². The van der Waals surface area contributed by atoms with Crippen LogP contribution in [0.25, 0.3) is 0 Å². The van der Waals surface area contributed by atoms with E-state index in [9.17, 15) is 9.59 Å². The van der Waals surface area contributed by atoms with Crippen molar-refractivity contribution >= 4 is 12.4 Å². The van der Waals surface area contributed by atoms with Gasteiger partial charge in [0.15, 0.2) is 0 Å². The van der Waals surface area contributed by atoms with Crippen molar-refractivity contribution in [3.63, 3.8) is 0 Å². The lowest BCUT2D eigenvalue weighted by Crippen LogP contribution is -2.40. The van der Waals surface area contributed by atoms with Crippen molar-refractivity contribution in [2.24, 2.45) is 5.92 Å². The van der Waals surface area contributed by atoms with Gasteiger partial charge in [-0.2, -0.15) is 0 Å². The molecule has 4 nitrogen and oxygen atoms in total. The second kappa shape index (κ2) is 7.51. The first-order chi connectivity index (χ1) is 8.90. The molecule has 4 heteroatoms. The van der Waals surface area contributed by atoms with Crippen LogP contribution in [0.1, 0.15) is 65.7 Å². The maximum absolute atomic E-state index is 11.6. The predicted molar refractivity (Wildman–Crippen MR) is 75.0 cm³/mol. The number of hydrogen-bond donors (Lipinski definition) is 1. The molecule has 0 heterocycles. The zero-order valence-electron chi connectivity index (χ0n) is 12.4. The number of aldehydes is 1. The summed E-state index contributed by atoms with van der Waals surface area (Å²) in [5.74, 6) is 0.719. The SMILES string of the molecule is CC(C)(C)OC(=O)N[C@@H](C=O)CCC1CCCCC1. The van der Waals surface area contributed by atoms with E-state index in [2.05, 4.69) is 5.32 Å². The van der Waals surface area contributed by atoms with E-state index in [1.807, 2.05) is 20.8 Å². The van der Waals surface area contributed by atoms with Crippen LogP contribution in [-0.2, 0) is 9.53 Å². The number of hydrogen-bond acceptors (Lipinski definition) is 3. The molecule has 0 aromatic rings. The van der Waals surface area contributed by atoms with Crippen molar-refractivity contribution < 1.29 is 14.3 Å². The Bertz CT molecular complexity index is 290. The third-order valence-electron chi connectivity index (χ3n) is 3.48. The Morgan fingerprint density at radius 2 is 1.95 bits per heavy atom. The van der Waals surface area contributed by atoms with E-state index in [1.54, 1.807) is 0 Å². The molecule has 1 fully saturated rings. The van der Waals surface area contributed by atoms with E-state index in [4.69, 9.17) is 4.74 Å². The van der Waals surface area contributed by atoms with Crippen LogP contribution in [0, 0.1) is 5.92 Å². The average Bonchev–Trinajstić information content (AvgIpc) is 2.33. The van der Waals surface area contributed by atoms with Gasteiger partial charge in [0.05, 0.1) is 6.04 Å². The van der Waals surface area contributed by atoms with Gasteiger partial charge in [0.1, 0.15) is 11.9 Å². The van der Waals surface area contributed by atoms with Crippen molar-refractivity contribution in [2.45, 2.75) is 77.4 Å². The van der Waals surface area contributed by atoms with Gasteiger partial charge in [-0.15, -0.1) is 0 Å². The van der Waals surface area contributed by atoms with E-state index in [0.717, 1.165) is 18.6 Å². The molecule has 0 bridgehead atoms. The minimum Gasteiger partial charge on any atom is -0.444 e. The highest BCUT2D eigenvalue weighted by atomic mass is 16.6. The molecule has 0 aromatic heterocycles. The molecule has 0 spiro atoms. The second-order valence-electron chi connectivity index (χ2n) is 6.47. The summed E-state index contributed by atoms with van der Waals surface area (Å²) in [4.78, 5) is 22.6. The van der Waals surface area contributed by atoms with Crippen molar-refractivity contribution in [2.75, 3.05) is 0 Å². The van der Waals surface area contributed by atoms with Crippen LogP contribution in [0.4, 0.5) is 4.79 Å². The zero-order chi connectivity index (χ0) is 14.3. The Kier molecular flexibility index (Phi) is 6.32. The summed E-state index contributed by atoms with van der Waals surface area (Å²) in [6.45, 7) is 5.43. The van der Waals surface area contributed by atoms with Crippen molar-refractivity contribution in [3.05, 3.63) is 0 Å². The fourth-order valence-corrected chi connectivity index (χ4v) is 2.52. The predicted octanol–water partition coefficient (Wildman–Crippen LogP) is 3.44. The average molecular weight is 269 g/mol. The molecule has 0 aromatic carbocycles. The smallest absolute Gasteiger partial charge is 0.408 e. The number of rotatable bonds is 5. The van der Waals surface area contributed by atoms with Crippen LogP contribution in [0.15, 0.2) is 0 Å². The third-order valence-corrected chi connectivity index (χ3v) is 3.48. The van der Waals surface area contributed by atoms with E-state index in [-0.39, 0.29) is 0 Å². The Labute approximate surface area is 116 Å². The Morgan fingerprint density at radius 1 is 1.32 bits per heavy atom. The number of amides is 1. The largest absolute Gasteiger partial charge is 0.444 e. The molecular formula is C15H27NO3. The topological polar surface area (TPSA) is 55.4 Å². The summed E-state index contributed by atoms with van der Waals surface area (Å²) in [6.07, 6.45) is 8.50. The van der Waals surface area contributed by atoms with Gasteiger partial charge in [-0.25, -0.2) is 4.79 Å². The lowest BCUT2D eigenvalue weighted by atomic mass is 9.85. The monoisotopic (exact) mass is 269 g/mol. The minimum atomic E-state index is -0.527. The van der Waals surface area contributed by atoms with Crippen molar-refractivity contribution in [1.29, 1.82) is 0 Å². The highest BCUT2D eigenvalue weighted by Gasteiger charge is 2.20. The van der Waals surface area contributed by atoms with Gasteiger partial charge in [-0.3, -0.25) is 0 Å². The molecule has 1 atom stereocenters. The molecular weight excluding hydrogens is 242 g/mol. The van der Waals surface area contributed by atoms with Gasteiger partial charge in [-0.1, -0.05) is 32.1 Å². The van der Waals surface area contributed by atoms with Crippen LogP contribution in [0.5, 0.6) is 0 Å². The van der Waals surface area contributed by atoms with Gasteiger partial charge in [0.25, 0.3) is 0 Å². The first-order valence-corrected chi connectivity index (χ1v) is 7.35.